The van der Waals surface area contributed by atoms with E-state index in [2.05, 4.69) is 11.8 Å². The third kappa shape index (κ3) is 6.34. The maximum absolute atomic E-state index is 13.4. The van der Waals surface area contributed by atoms with E-state index in [4.69, 9.17) is 23.2 Å². The molecule has 1 aromatic carbocycles. The Balaban J connectivity index is 2.59. The van der Waals surface area contributed by atoms with E-state index in [1.807, 2.05) is 34.6 Å². The maximum Gasteiger partial charge on any atom is 0.346 e. The standard InChI is InChI=1S/C23H24Cl2O3S/c1-13(2)10-17(20(26)16-7-6-14(24)11-19(16)25)18-12-15(8-9-23(3,4)5)29-21(18)22(27)28/h6-7,11-13,17H,10H2,1-5H3,(H,27,28). The number of carboxylic acids is 1. The van der Waals surface area contributed by atoms with E-state index in [0.29, 0.717) is 27.4 Å². The lowest BCUT2D eigenvalue weighted by molar-refractivity contribution is 0.0700. The smallest absolute Gasteiger partial charge is 0.346 e. The number of carboxylic acid groups (broad SMARTS) is 1. The van der Waals surface area contributed by atoms with Crippen molar-refractivity contribution < 1.29 is 14.7 Å². The molecule has 154 valence electrons. The molecule has 6 heteroatoms. The number of aromatic carboxylic acids is 1. The highest BCUT2D eigenvalue weighted by molar-refractivity contribution is 7.14. The molecule has 0 saturated carbocycles. The number of halogens is 2. The molecule has 1 atom stereocenters. The predicted molar refractivity (Wildman–Crippen MR) is 121 cm³/mol. The Labute approximate surface area is 186 Å². The van der Waals surface area contributed by atoms with E-state index in [1.54, 1.807) is 18.2 Å². The van der Waals surface area contributed by atoms with Crippen molar-refractivity contribution in [1.82, 2.24) is 0 Å². The molecule has 0 spiro atoms. The van der Waals surface area contributed by atoms with Crippen LogP contribution < -0.4 is 0 Å². The predicted octanol–water partition coefficient (Wildman–Crippen LogP) is 7.16. The van der Waals surface area contributed by atoms with Crippen LogP contribution >= 0.6 is 34.5 Å². The largest absolute Gasteiger partial charge is 0.477 e. The monoisotopic (exact) mass is 450 g/mol. The number of benzene rings is 1. The van der Waals surface area contributed by atoms with Crippen LogP contribution in [0.5, 0.6) is 0 Å². The van der Waals surface area contributed by atoms with Gasteiger partial charge in [0.2, 0.25) is 0 Å². The second-order valence-electron chi connectivity index (χ2n) is 8.37. The highest BCUT2D eigenvalue weighted by atomic mass is 35.5. The molecular weight excluding hydrogens is 427 g/mol. The molecule has 0 bridgehead atoms. The summed E-state index contributed by atoms with van der Waals surface area (Å²) in [5, 5.41) is 10.4. The molecule has 2 rings (SSSR count). The van der Waals surface area contributed by atoms with Crippen LogP contribution in [0.15, 0.2) is 24.3 Å². The summed E-state index contributed by atoms with van der Waals surface area (Å²) < 4.78 is 0. The second kappa shape index (κ2) is 9.34. The first kappa shape index (κ1) is 23.5. The topological polar surface area (TPSA) is 54.4 Å². The minimum atomic E-state index is -1.06. The number of hydrogen-bond donors (Lipinski definition) is 1. The van der Waals surface area contributed by atoms with Crippen molar-refractivity contribution in [3.8, 4) is 11.8 Å². The van der Waals surface area contributed by atoms with Gasteiger partial charge in [-0.3, -0.25) is 4.79 Å². The van der Waals surface area contributed by atoms with Gasteiger partial charge in [0.25, 0.3) is 0 Å². The summed E-state index contributed by atoms with van der Waals surface area (Å²) >= 11 is 13.3. The van der Waals surface area contributed by atoms with Crippen molar-refractivity contribution in [2.24, 2.45) is 11.3 Å². The molecule has 0 aliphatic carbocycles. The summed E-state index contributed by atoms with van der Waals surface area (Å²) in [4.78, 5) is 26.0. The minimum Gasteiger partial charge on any atom is -0.477 e. The second-order valence-corrected chi connectivity index (χ2v) is 10.3. The van der Waals surface area contributed by atoms with Gasteiger partial charge in [-0.15, -0.1) is 11.3 Å². The molecule has 1 heterocycles. The fourth-order valence-electron chi connectivity index (χ4n) is 2.87. The lowest BCUT2D eigenvalue weighted by Gasteiger charge is -2.19. The average molecular weight is 451 g/mol. The molecular formula is C23H24Cl2O3S. The van der Waals surface area contributed by atoms with Gasteiger partial charge in [-0.05, 0) is 62.9 Å². The molecule has 0 aliphatic rings. The van der Waals surface area contributed by atoms with E-state index in [1.165, 1.54) is 6.07 Å². The summed E-state index contributed by atoms with van der Waals surface area (Å²) in [5.74, 6) is 4.46. The number of Topliss-reactive ketones (excluding diaryl/α,β-unsaturated/α-hetero) is 1. The number of carbonyl (C=O) groups excluding carboxylic acids is 1. The van der Waals surface area contributed by atoms with Crippen LogP contribution in [0, 0.1) is 23.2 Å². The van der Waals surface area contributed by atoms with Gasteiger partial charge < -0.3 is 5.11 Å². The van der Waals surface area contributed by atoms with Crippen LogP contribution in [-0.2, 0) is 0 Å². The van der Waals surface area contributed by atoms with Gasteiger partial charge in [0.05, 0.1) is 9.90 Å². The van der Waals surface area contributed by atoms with Crippen molar-refractivity contribution in [3.05, 3.63) is 55.2 Å². The average Bonchev–Trinajstić information content (AvgIpc) is 3.01. The first-order chi connectivity index (χ1) is 13.4. The van der Waals surface area contributed by atoms with E-state index >= 15 is 0 Å². The van der Waals surface area contributed by atoms with Crippen LogP contribution in [-0.4, -0.2) is 16.9 Å². The molecule has 0 amide bonds. The van der Waals surface area contributed by atoms with E-state index in [9.17, 15) is 14.7 Å². The number of thiophene rings is 1. The van der Waals surface area contributed by atoms with Crippen LogP contribution in [0.2, 0.25) is 10.0 Å². The number of ketones is 1. The van der Waals surface area contributed by atoms with Gasteiger partial charge in [-0.25, -0.2) is 4.79 Å². The third-order valence-electron chi connectivity index (χ3n) is 4.11. The number of rotatable bonds is 6. The van der Waals surface area contributed by atoms with Gasteiger partial charge in [-0.2, -0.15) is 0 Å². The minimum absolute atomic E-state index is 0.146. The van der Waals surface area contributed by atoms with Crippen LogP contribution in [0.25, 0.3) is 0 Å². The summed E-state index contributed by atoms with van der Waals surface area (Å²) in [5.41, 5.74) is 0.620. The highest BCUT2D eigenvalue weighted by Crippen LogP contribution is 2.36. The number of hydrogen-bond acceptors (Lipinski definition) is 3. The third-order valence-corrected chi connectivity index (χ3v) is 5.71. The zero-order chi connectivity index (χ0) is 21.9. The molecule has 1 aromatic heterocycles. The lowest BCUT2D eigenvalue weighted by Crippen LogP contribution is -2.17. The summed E-state index contributed by atoms with van der Waals surface area (Å²) in [6.45, 7) is 9.95. The molecule has 0 aliphatic heterocycles. The van der Waals surface area contributed by atoms with Crippen molar-refractivity contribution in [3.63, 3.8) is 0 Å². The van der Waals surface area contributed by atoms with Crippen molar-refractivity contribution in [2.45, 2.75) is 47.0 Å². The van der Waals surface area contributed by atoms with Crippen LogP contribution in [0.4, 0.5) is 0 Å². The Morgan fingerprint density at radius 3 is 2.34 bits per heavy atom. The van der Waals surface area contributed by atoms with Gasteiger partial charge in [0.15, 0.2) is 5.78 Å². The summed E-state index contributed by atoms with van der Waals surface area (Å²) in [7, 11) is 0. The Kier molecular flexibility index (Phi) is 7.56. The fraction of sp³-hybridized carbons (Fsp3) is 0.391. The molecule has 1 N–H and O–H groups in total. The molecule has 2 aromatic rings. The number of carbonyl (C=O) groups is 2. The SMILES string of the molecule is CC(C)CC(C(=O)c1ccc(Cl)cc1Cl)c1cc(C#CC(C)(C)C)sc1C(=O)O. The Morgan fingerprint density at radius 2 is 1.83 bits per heavy atom. The summed E-state index contributed by atoms with van der Waals surface area (Å²) in [6.07, 6.45) is 0.501. The molecule has 29 heavy (non-hydrogen) atoms. The first-order valence-electron chi connectivity index (χ1n) is 9.28. The molecule has 0 saturated heterocycles. The zero-order valence-corrected chi connectivity index (χ0v) is 19.4. The van der Waals surface area contributed by atoms with Crippen molar-refractivity contribution in [1.29, 1.82) is 0 Å². The Bertz CT molecular complexity index is 988. The fourth-order valence-corrected chi connectivity index (χ4v) is 4.28. The normalized spacial score (nSPS) is 12.4. The molecule has 0 fully saturated rings. The highest BCUT2D eigenvalue weighted by Gasteiger charge is 2.30. The van der Waals surface area contributed by atoms with Gasteiger partial charge in [-0.1, -0.05) is 48.9 Å². The van der Waals surface area contributed by atoms with Crippen LogP contribution in [0.3, 0.4) is 0 Å². The van der Waals surface area contributed by atoms with E-state index in [-0.39, 0.29) is 27.0 Å². The van der Waals surface area contributed by atoms with Gasteiger partial charge in [0.1, 0.15) is 4.88 Å². The molecule has 1 unspecified atom stereocenters. The first-order valence-corrected chi connectivity index (χ1v) is 10.9. The van der Waals surface area contributed by atoms with E-state index < -0.39 is 11.9 Å². The molecule has 0 radical (unpaired) electrons. The molecule has 3 nitrogen and oxygen atoms in total. The maximum atomic E-state index is 13.4. The van der Waals surface area contributed by atoms with Crippen LogP contribution in [0.1, 0.15) is 77.4 Å². The lowest BCUT2D eigenvalue weighted by atomic mass is 9.84. The zero-order valence-electron chi connectivity index (χ0n) is 17.1. The Morgan fingerprint density at radius 1 is 1.17 bits per heavy atom. The van der Waals surface area contributed by atoms with Gasteiger partial charge >= 0.3 is 5.97 Å². The Hall–Kier alpha value is -1.80. The van der Waals surface area contributed by atoms with Crippen molar-refractivity contribution in [2.75, 3.05) is 0 Å². The quantitative estimate of drug-likeness (QED) is 0.374. The van der Waals surface area contributed by atoms with Crippen molar-refractivity contribution >= 4 is 46.3 Å². The van der Waals surface area contributed by atoms with E-state index in [0.717, 1.165) is 11.3 Å². The van der Waals surface area contributed by atoms with Gasteiger partial charge in [0, 0.05) is 21.9 Å². The summed E-state index contributed by atoms with van der Waals surface area (Å²) in [6, 6.07) is 6.46.